The largest absolute Gasteiger partial charge is 0.311 e. The first-order chi connectivity index (χ1) is 15.0. The van der Waals surface area contributed by atoms with E-state index in [1.807, 2.05) is 47.8 Å². The number of piperidine rings is 1. The van der Waals surface area contributed by atoms with Crippen molar-refractivity contribution in [1.29, 1.82) is 0 Å². The number of nitrogens with one attached hydrogen (secondary N) is 1. The lowest BCUT2D eigenvalue weighted by atomic mass is 9.97. The molecule has 0 unspecified atom stereocenters. The van der Waals surface area contributed by atoms with Gasteiger partial charge in [0.1, 0.15) is 5.82 Å². The fourth-order valence-corrected chi connectivity index (χ4v) is 5.44. The van der Waals surface area contributed by atoms with E-state index in [1.54, 1.807) is 34.4 Å². The molecule has 0 bridgehead atoms. The molecule has 1 amide bonds. The topological polar surface area (TPSA) is 84.3 Å². The molecule has 1 aliphatic heterocycles. The Morgan fingerprint density at radius 3 is 2.61 bits per heavy atom. The molecule has 31 heavy (non-hydrogen) atoms. The van der Waals surface area contributed by atoms with E-state index in [9.17, 15) is 13.2 Å². The van der Waals surface area contributed by atoms with Crippen LogP contribution < -0.4 is 5.32 Å². The highest BCUT2D eigenvalue weighted by molar-refractivity contribution is 7.92. The molecule has 0 aliphatic carbocycles. The number of aromatic nitrogens is 2. The zero-order valence-corrected chi connectivity index (χ0v) is 18.6. The third-order valence-electron chi connectivity index (χ3n) is 5.27. The van der Waals surface area contributed by atoms with Crippen molar-refractivity contribution in [2.24, 2.45) is 5.92 Å². The normalized spacial score (nSPS) is 16.0. The van der Waals surface area contributed by atoms with Crippen LogP contribution in [-0.2, 0) is 21.4 Å². The average molecular weight is 457 g/mol. The lowest BCUT2D eigenvalue weighted by molar-refractivity contribution is -0.121. The number of benzene rings is 1. The zero-order valence-electron chi connectivity index (χ0n) is 16.9. The van der Waals surface area contributed by atoms with Crippen molar-refractivity contribution < 1.29 is 13.2 Å². The molecule has 1 aromatic carbocycles. The Morgan fingerprint density at radius 1 is 1.13 bits per heavy atom. The van der Waals surface area contributed by atoms with Crippen LogP contribution in [0.2, 0.25) is 0 Å². The Morgan fingerprint density at radius 2 is 1.90 bits per heavy atom. The third-order valence-corrected chi connectivity index (χ3v) is 7.70. The monoisotopic (exact) mass is 456 g/mol. The van der Waals surface area contributed by atoms with Crippen molar-refractivity contribution in [1.82, 2.24) is 14.1 Å². The molecular formula is C22H24N4O3S2. The minimum absolute atomic E-state index is 0.0928. The van der Waals surface area contributed by atoms with E-state index in [2.05, 4.69) is 10.4 Å². The lowest BCUT2D eigenvalue weighted by Crippen LogP contribution is -2.40. The minimum atomic E-state index is -3.51. The second-order valence-electron chi connectivity index (χ2n) is 7.37. The van der Waals surface area contributed by atoms with Crippen LogP contribution in [0, 0.1) is 5.92 Å². The number of hydrogen-bond acceptors (Lipinski definition) is 5. The summed E-state index contributed by atoms with van der Waals surface area (Å²) < 4.78 is 28.4. The molecule has 1 fully saturated rings. The fraction of sp³-hybridized carbons (Fsp3) is 0.273. The Kier molecular flexibility index (Phi) is 6.64. The molecule has 3 aromatic rings. The summed E-state index contributed by atoms with van der Waals surface area (Å²) in [5.41, 5.74) is 0.833. The summed E-state index contributed by atoms with van der Waals surface area (Å²) in [4.78, 5) is 13.9. The van der Waals surface area contributed by atoms with Gasteiger partial charge in [0.2, 0.25) is 15.9 Å². The number of hydrogen-bond donors (Lipinski definition) is 1. The molecule has 0 radical (unpaired) electrons. The molecule has 3 heterocycles. The van der Waals surface area contributed by atoms with E-state index in [0.29, 0.717) is 38.3 Å². The number of thiophene rings is 1. The van der Waals surface area contributed by atoms with Crippen LogP contribution in [0.5, 0.6) is 0 Å². The summed E-state index contributed by atoms with van der Waals surface area (Å²) in [6, 6.07) is 15.1. The Balaban J connectivity index is 1.32. The third kappa shape index (κ3) is 5.49. The Hall–Kier alpha value is -2.75. The van der Waals surface area contributed by atoms with E-state index in [1.165, 1.54) is 9.71 Å². The van der Waals surface area contributed by atoms with Crippen molar-refractivity contribution >= 4 is 39.2 Å². The quantitative estimate of drug-likeness (QED) is 0.588. The van der Waals surface area contributed by atoms with Gasteiger partial charge in [-0.3, -0.25) is 4.79 Å². The van der Waals surface area contributed by atoms with Crippen molar-refractivity contribution in [3.63, 3.8) is 0 Å². The van der Waals surface area contributed by atoms with Crippen molar-refractivity contribution in [3.8, 4) is 0 Å². The minimum Gasteiger partial charge on any atom is -0.311 e. The zero-order chi connectivity index (χ0) is 21.7. The molecule has 7 nitrogen and oxygen atoms in total. The molecule has 0 atom stereocenters. The maximum Gasteiger partial charge on any atom is 0.236 e. The smallest absolute Gasteiger partial charge is 0.236 e. The standard InChI is InChI=1S/C22H24N4O3S2/c27-22(24-21-8-12-23-26(21)17-20-7-4-15-30-20)19-9-13-25(14-10-19)31(28,29)16-11-18-5-2-1-3-6-18/h1-8,11-12,15-16,19H,9-10,13-14,17H2,(H,24,27). The Bertz CT molecular complexity index is 1130. The van der Waals surface area contributed by atoms with Gasteiger partial charge in [-0.15, -0.1) is 11.3 Å². The van der Waals surface area contributed by atoms with Gasteiger partial charge in [-0.05, 0) is 35.9 Å². The highest BCUT2D eigenvalue weighted by Gasteiger charge is 2.30. The number of anilines is 1. The molecule has 2 aromatic heterocycles. The lowest BCUT2D eigenvalue weighted by Gasteiger charge is -2.29. The van der Waals surface area contributed by atoms with Gasteiger partial charge in [0.25, 0.3) is 0 Å². The van der Waals surface area contributed by atoms with Crippen LogP contribution >= 0.6 is 11.3 Å². The van der Waals surface area contributed by atoms with Gasteiger partial charge in [0, 0.05) is 35.4 Å². The summed E-state index contributed by atoms with van der Waals surface area (Å²) in [5.74, 6) is 0.332. The van der Waals surface area contributed by atoms with Crippen molar-refractivity contribution in [2.45, 2.75) is 19.4 Å². The molecular weight excluding hydrogens is 432 g/mol. The van der Waals surface area contributed by atoms with E-state index >= 15 is 0 Å². The van der Waals surface area contributed by atoms with Gasteiger partial charge in [-0.2, -0.15) is 9.40 Å². The SMILES string of the molecule is O=C(Nc1ccnn1Cc1cccs1)C1CCN(S(=O)(=O)C=Cc2ccccc2)CC1. The molecule has 0 spiro atoms. The average Bonchev–Trinajstić information content (AvgIpc) is 3.46. The van der Waals surface area contributed by atoms with Crippen LogP contribution in [0.3, 0.4) is 0 Å². The Labute approximate surface area is 186 Å². The maximum atomic E-state index is 12.8. The first-order valence-corrected chi connectivity index (χ1v) is 12.5. The summed E-state index contributed by atoms with van der Waals surface area (Å²) in [5, 5.41) is 10.5. The predicted molar refractivity (Wildman–Crippen MR) is 123 cm³/mol. The summed E-state index contributed by atoms with van der Waals surface area (Å²) in [7, 11) is -3.51. The van der Waals surface area contributed by atoms with Crippen molar-refractivity contribution in [2.75, 3.05) is 18.4 Å². The molecule has 0 saturated carbocycles. The van der Waals surface area contributed by atoms with Gasteiger partial charge in [-0.1, -0.05) is 36.4 Å². The van der Waals surface area contributed by atoms with Crippen molar-refractivity contribution in [3.05, 3.63) is 76.0 Å². The summed E-state index contributed by atoms with van der Waals surface area (Å²) in [6.07, 6.45) is 4.24. The van der Waals surface area contributed by atoms with Gasteiger partial charge < -0.3 is 5.32 Å². The van der Waals surface area contributed by atoms with Gasteiger partial charge in [0.05, 0.1) is 12.7 Å². The van der Waals surface area contributed by atoms with E-state index in [4.69, 9.17) is 0 Å². The fourth-order valence-electron chi connectivity index (χ4n) is 3.53. The van der Waals surface area contributed by atoms with E-state index in [0.717, 1.165) is 10.4 Å². The highest BCUT2D eigenvalue weighted by atomic mass is 32.2. The van der Waals surface area contributed by atoms with E-state index < -0.39 is 10.0 Å². The predicted octanol–water partition coefficient (Wildman–Crippen LogP) is 3.64. The number of carbonyl (C=O) groups is 1. The second kappa shape index (κ2) is 9.59. The van der Waals surface area contributed by atoms with E-state index in [-0.39, 0.29) is 11.8 Å². The van der Waals surface area contributed by atoms with Crippen LogP contribution in [0.4, 0.5) is 5.82 Å². The molecule has 162 valence electrons. The first kappa shape index (κ1) is 21.5. The van der Waals surface area contributed by atoms with Crippen LogP contribution in [-0.4, -0.2) is 41.5 Å². The molecule has 1 saturated heterocycles. The maximum absolute atomic E-state index is 12.8. The molecule has 1 aliphatic rings. The number of sulfonamides is 1. The first-order valence-electron chi connectivity index (χ1n) is 10.1. The van der Waals surface area contributed by atoms with Crippen LogP contribution in [0.1, 0.15) is 23.3 Å². The van der Waals surface area contributed by atoms with Crippen LogP contribution in [0.25, 0.3) is 6.08 Å². The summed E-state index contributed by atoms with van der Waals surface area (Å²) >= 11 is 1.64. The van der Waals surface area contributed by atoms with Gasteiger partial charge in [0.15, 0.2) is 0 Å². The number of carbonyl (C=O) groups excluding carboxylic acids is 1. The van der Waals surface area contributed by atoms with Gasteiger partial charge in [-0.25, -0.2) is 13.1 Å². The molecule has 4 rings (SSSR count). The van der Waals surface area contributed by atoms with Crippen LogP contribution in [0.15, 0.2) is 65.5 Å². The highest BCUT2D eigenvalue weighted by Crippen LogP contribution is 2.23. The molecule has 1 N–H and O–H groups in total. The van der Waals surface area contributed by atoms with Gasteiger partial charge >= 0.3 is 0 Å². The molecule has 9 heteroatoms. The number of amides is 1. The summed E-state index contributed by atoms with van der Waals surface area (Å²) in [6.45, 7) is 1.26. The number of rotatable bonds is 7. The number of nitrogens with zero attached hydrogens (tertiary/aromatic N) is 3. The second-order valence-corrected chi connectivity index (χ2v) is 10.2.